The van der Waals surface area contributed by atoms with Crippen LogP contribution in [0.25, 0.3) is 0 Å². The largest absolute Gasteiger partial charge is 0.313 e. The van der Waals surface area contributed by atoms with Gasteiger partial charge in [0.25, 0.3) is 0 Å². The third-order valence-electron chi connectivity index (χ3n) is 3.05. The Balaban J connectivity index is 2.26. The Labute approximate surface area is 96.8 Å². The predicted octanol–water partition coefficient (Wildman–Crippen LogP) is 1.18. The Morgan fingerprint density at radius 3 is 2.56 bits per heavy atom. The lowest BCUT2D eigenvalue weighted by Gasteiger charge is -2.18. The maximum Gasteiger partial charge on any atom is 0.152 e. The number of nitrogens with one attached hydrogen (secondary N) is 1. The van der Waals surface area contributed by atoms with Gasteiger partial charge in [-0.3, -0.25) is 0 Å². The summed E-state index contributed by atoms with van der Waals surface area (Å²) in [7, 11) is -2.88. The van der Waals surface area contributed by atoms with Crippen LogP contribution in [0.3, 0.4) is 0 Å². The van der Waals surface area contributed by atoms with Crippen molar-refractivity contribution in [2.24, 2.45) is 0 Å². The molecule has 1 N–H and O–H groups in total. The van der Waals surface area contributed by atoms with Crippen LogP contribution >= 0.6 is 0 Å². The molecule has 0 aliphatic carbocycles. The minimum atomic E-state index is -2.88. The number of hydrogen-bond donors (Lipinski definition) is 1. The average Bonchev–Trinajstić information content (AvgIpc) is 2.56. The first-order valence-electron chi connectivity index (χ1n) is 5.61. The summed E-state index contributed by atoms with van der Waals surface area (Å²) in [6.45, 7) is 2.82. The van der Waals surface area contributed by atoms with Gasteiger partial charge in [-0.05, 0) is 12.1 Å². The fourth-order valence-electron chi connectivity index (χ4n) is 2.34. The molecule has 1 fully saturated rings. The molecule has 88 valence electrons. The normalized spacial score (nSPS) is 28.1. The molecule has 0 amide bonds. The summed E-state index contributed by atoms with van der Waals surface area (Å²) in [6.07, 6.45) is 0. The fourth-order valence-corrected chi connectivity index (χ4v) is 4.34. The van der Waals surface area contributed by atoms with Crippen molar-refractivity contribution in [1.82, 2.24) is 5.32 Å². The molecule has 0 saturated carbocycles. The highest BCUT2D eigenvalue weighted by atomic mass is 32.2. The molecule has 1 aromatic rings. The number of likely N-dealkylation sites (N-methyl/N-ethyl adjacent to an activating group) is 1. The van der Waals surface area contributed by atoms with E-state index < -0.39 is 9.84 Å². The lowest BCUT2D eigenvalue weighted by molar-refractivity contribution is 0.522. The Morgan fingerprint density at radius 1 is 1.25 bits per heavy atom. The topological polar surface area (TPSA) is 46.2 Å². The van der Waals surface area contributed by atoms with Gasteiger partial charge in [-0.15, -0.1) is 0 Å². The SMILES string of the molecule is CCN[C@H]1CS(=O)(=O)C[C@@H]1c1ccccc1. The van der Waals surface area contributed by atoms with Crippen LogP contribution in [-0.2, 0) is 9.84 Å². The highest BCUT2D eigenvalue weighted by Crippen LogP contribution is 2.29. The van der Waals surface area contributed by atoms with Crippen molar-refractivity contribution in [3.63, 3.8) is 0 Å². The first kappa shape index (κ1) is 11.6. The average molecular weight is 239 g/mol. The summed E-state index contributed by atoms with van der Waals surface area (Å²) in [5.74, 6) is 0.640. The van der Waals surface area contributed by atoms with Crippen molar-refractivity contribution < 1.29 is 8.42 Å². The minimum Gasteiger partial charge on any atom is -0.313 e. The number of sulfone groups is 1. The second-order valence-corrected chi connectivity index (χ2v) is 6.41. The van der Waals surface area contributed by atoms with Crippen molar-refractivity contribution in [1.29, 1.82) is 0 Å². The quantitative estimate of drug-likeness (QED) is 0.861. The van der Waals surface area contributed by atoms with Crippen molar-refractivity contribution >= 4 is 9.84 Å². The molecule has 2 atom stereocenters. The summed E-state index contributed by atoms with van der Waals surface area (Å²) in [4.78, 5) is 0. The highest BCUT2D eigenvalue weighted by molar-refractivity contribution is 7.91. The summed E-state index contributed by atoms with van der Waals surface area (Å²) in [5, 5.41) is 3.27. The van der Waals surface area contributed by atoms with E-state index in [4.69, 9.17) is 0 Å². The minimum absolute atomic E-state index is 0.0670. The molecule has 4 heteroatoms. The Kier molecular flexibility index (Phi) is 3.30. The first-order chi connectivity index (χ1) is 7.62. The van der Waals surface area contributed by atoms with Crippen molar-refractivity contribution in [2.75, 3.05) is 18.1 Å². The second kappa shape index (κ2) is 4.55. The van der Waals surface area contributed by atoms with Gasteiger partial charge >= 0.3 is 0 Å². The highest BCUT2D eigenvalue weighted by Gasteiger charge is 2.37. The molecule has 1 aliphatic rings. The van der Waals surface area contributed by atoms with Crippen molar-refractivity contribution in [3.05, 3.63) is 35.9 Å². The molecule has 0 spiro atoms. The zero-order valence-corrected chi connectivity index (χ0v) is 10.2. The van der Waals surface area contributed by atoms with Crippen LogP contribution < -0.4 is 5.32 Å². The summed E-state index contributed by atoms with van der Waals surface area (Å²) < 4.78 is 23.3. The molecule has 1 saturated heterocycles. The van der Waals surface area contributed by atoms with Crippen LogP contribution in [0.1, 0.15) is 18.4 Å². The van der Waals surface area contributed by atoms with Gasteiger partial charge in [-0.2, -0.15) is 0 Å². The third-order valence-corrected chi connectivity index (χ3v) is 4.78. The molecule has 0 radical (unpaired) electrons. The lowest BCUT2D eigenvalue weighted by Crippen LogP contribution is -2.34. The van der Waals surface area contributed by atoms with Gasteiger partial charge in [0.2, 0.25) is 0 Å². The van der Waals surface area contributed by atoms with E-state index >= 15 is 0 Å². The van der Waals surface area contributed by atoms with E-state index in [0.717, 1.165) is 12.1 Å². The smallest absolute Gasteiger partial charge is 0.152 e. The molecule has 0 aromatic heterocycles. The number of benzene rings is 1. The van der Waals surface area contributed by atoms with Gasteiger partial charge in [0.05, 0.1) is 11.5 Å². The monoisotopic (exact) mass is 239 g/mol. The van der Waals surface area contributed by atoms with E-state index in [9.17, 15) is 8.42 Å². The Bertz CT molecular complexity index is 441. The van der Waals surface area contributed by atoms with Crippen LogP contribution in [-0.4, -0.2) is 32.5 Å². The molecular formula is C12H17NO2S. The van der Waals surface area contributed by atoms with E-state index in [-0.39, 0.29) is 23.5 Å². The zero-order valence-electron chi connectivity index (χ0n) is 9.39. The molecule has 1 aliphatic heterocycles. The zero-order chi connectivity index (χ0) is 11.6. The predicted molar refractivity (Wildman–Crippen MR) is 65.3 cm³/mol. The first-order valence-corrected chi connectivity index (χ1v) is 7.43. The van der Waals surface area contributed by atoms with Gasteiger partial charge in [0.1, 0.15) is 0 Å². The van der Waals surface area contributed by atoms with Crippen LogP contribution in [0.5, 0.6) is 0 Å². The van der Waals surface area contributed by atoms with Crippen molar-refractivity contribution in [2.45, 2.75) is 18.9 Å². The number of hydrogen-bond acceptors (Lipinski definition) is 3. The maximum atomic E-state index is 11.7. The summed E-state index contributed by atoms with van der Waals surface area (Å²) in [5.41, 5.74) is 1.12. The molecular weight excluding hydrogens is 222 g/mol. The van der Waals surface area contributed by atoms with Gasteiger partial charge in [-0.25, -0.2) is 8.42 Å². The van der Waals surface area contributed by atoms with Gasteiger partial charge in [0, 0.05) is 12.0 Å². The Hall–Kier alpha value is -0.870. The maximum absolute atomic E-state index is 11.7. The van der Waals surface area contributed by atoms with E-state index in [0.29, 0.717) is 0 Å². The molecule has 3 nitrogen and oxygen atoms in total. The fraction of sp³-hybridized carbons (Fsp3) is 0.500. The molecule has 16 heavy (non-hydrogen) atoms. The van der Waals surface area contributed by atoms with Gasteiger partial charge < -0.3 is 5.32 Å². The molecule has 1 aromatic carbocycles. The lowest BCUT2D eigenvalue weighted by atomic mass is 9.94. The summed E-state index contributed by atoms with van der Waals surface area (Å²) in [6, 6.07) is 9.96. The van der Waals surface area contributed by atoms with Crippen molar-refractivity contribution in [3.8, 4) is 0 Å². The molecule has 2 rings (SSSR count). The third kappa shape index (κ3) is 2.44. The standard InChI is InChI=1S/C12H17NO2S/c1-2-13-12-9-16(14,15)8-11(12)10-6-4-3-5-7-10/h3-7,11-13H,2,8-9H2,1H3/t11-,12+/m1/s1. The van der Waals surface area contributed by atoms with Crippen LogP contribution in [0.4, 0.5) is 0 Å². The number of rotatable bonds is 3. The van der Waals surface area contributed by atoms with E-state index in [1.165, 1.54) is 0 Å². The van der Waals surface area contributed by atoms with E-state index in [1.54, 1.807) is 0 Å². The van der Waals surface area contributed by atoms with Crippen LogP contribution in [0, 0.1) is 0 Å². The van der Waals surface area contributed by atoms with Crippen LogP contribution in [0.15, 0.2) is 30.3 Å². The molecule has 1 heterocycles. The van der Waals surface area contributed by atoms with E-state index in [1.807, 2.05) is 37.3 Å². The molecule has 0 bridgehead atoms. The molecule has 0 unspecified atom stereocenters. The summed E-state index contributed by atoms with van der Waals surface area (Å²) >= 11 is 0. The second-order valence-electron chi connectivity index (χ2n) is 4.26. The Morgan fingerprint density at radius 2 is 1.94 bits per heavy atom. The van der Waals surface area contributed by atoms with Gasteiger partial charge in [-0.1, -0.05) is 37.3 Å². The van der Waals surface area contributed by atoms with Gasteiger partial charge in [0.15, 0.2) is 9.84 Å². The van der Waals surface area contributed by atoms with Crippen LogP contribution in [0.2, 0.25) is 0 Å². The van der Waals surface area contributed by atoms with E-state index in [2.05, 4.69) is 5.32 Å².